The maximum atomic E-state index is 5.93. The molecule has 0 aliphatic rings. The molecular weight excluding hydrogens is 221 g/mol. The zero-order chi connectivity index (χ0) is 9.97. The standard InChI is InChI=1S/C9H5Cl2N3/c10-7-8(12-14-13-9(7)11)6-4-2-1-3-5-6/h1-5H. The van der Waals surface area contributed by atoms with Gasteiger partial charge in [-0.3, -0.25) is 0 Å². The summed E-state index contributed by atoms with van der Waals surface area (Å²) in [7, 11) is 0. The molecule has 3 nitrogen and oxygen atoms in total. The van der Waals surface area contributed by atoms with Gasteiger partial charge in [0.15, 0.2) is 5.15 Å². The van der Waals surface area contributed by atoms with Gasteiger partial charge in [0.2, 0.25) is 0 Å². The zero-order valence-corrected chi connectivity index (χ0v) is 8.50. The highest BCUT2D eigenvalue weighted by molar-refractivity contribution is 6.42. The zero-order valence-electron chi connectivity index (χ0n) is 6.98. The molecule has 0 saturated carbocycles. The molecule has 0 saturated heterocycles. The van der Waals surface area contributed by atoms with Crippen molar-refractivity contribution in [2.45, 2.75) is 0 Å². The molecule has 2 aromatic rings. The first-order chi connectivity index (χ1) is 6.79. The van der Waals surface area contributed by atoms with E-state index in [0.717, 1.165) is 5.56 Å². The number of nitrogens with zero attached hydrogens (tertiary/aromatic N) is 3. The third kappa shape index (κ3) is 1.69. The van der Waals surface area contributed by atoms with E-state index in [4.69, 9.17) is 23.2 Å². The molecule has 0 aliphatic carbocycles. The van der Waals surface area contributed by atoms with Gasteiger partial charge in [-0.2, -0.15) is 0 Å². The van der Waals surface area contributed by atoms with E-state index < -0.39 is 0 Å². The lowest BCUT2D eigenvalue weighted by Crippen LogP contribution is -1.93. The summed E-state index contributed by atoms with van der Waals surface area (Å²) in [6.07, 6.45) is 0. The van der Waals surface area contributed by atoms with Gasteiger partial charge in [0, 0.05) is 5.56 Å². The van der Waals surface area contributed by atoms with E-state index >= 15 is 0 Å². The molecule has 5 heteroatoms. The number of halogens is 2. The maximum absolute atomic E-state index is 5.93. The summed E-state index contributed by atoms with van der Waals surface area (Å²) in [5.74, 6) is 0. The van der Waals surface area contributed by atoms with E-state index in [1.54, 1.807) is 0 Å². The van der Waals surface area contributed by atoms with Gasteiger partial charge in [-0.25, -0.2) is 0 Å². The van der Waals surface area contributed by atoms with Crippen molar-refractivity contribution >= 4 is 23.2 Å². The second-order valence-electron chi connectivity index (χ2n) is 2.61. The Morgan fingerprint density at radius 2 is 1.64 bits per heavy atom. The second kappa shape index (κ2) is 3.90. The van der Waals surface area contributed by atoms with E-state index in [2.05, 4.69) is 15.4 Å². The predicted molar refractivity (Wildman–Crippen MR) is 55.3 cm³/mol. The molecule has 1 aromatic heterocycles. The van der Waals surface area contributed by atoms with Gasteiger partial charge in [0.05, 0.1) is 0 Å². The third-order valence-corrected chi connectivity index (χ3v) is 2.43. The number of aromatic nitrogens is 3. The SMILES string of the molecule is Clc1nnnc(-c2ccccc2)c1Cl. The molecule has 0 fully saturated rings. The molecule has 0 radical (unpaired) electrons. The van der Waals surface area contributed by atoms with E-state index in [-0.39, 0.29) is 5.15 Å². The van der Waals surface area contributed by atoms with Gasteiger partial charge in [0.25, 0.3) is 0 Å². The maximum Gasteiger partial charge on any atom is 0.174 e. The average molecular weight is 226 g/mol. The van der Waals surface area contributed by atoms with Crippen LogP contribution in [-0.4, -0.2) is 15.4 Å². The van der Waals surface area contributed by atoms with Crippen LogP contribution in [0.25, 0.3) is 11.3 Å². The Hall–Kier alpha value is -1.19. The summed E-state index contributed by atoms with van der Waals surface area (Å²) in [5.41, 5.74) is 1.42. The minimum Gasteiger partial charge on any atom is -0.128 e. The number of benzene rings is 1. The van der Waals surface area contributed by atoms with Gasteiger partial charge >= 0.3 is 0 Å². The van der Waals surface area contributed by atoms with Crippen molar-refractivity contribution in [3.05, 3.63) is 40.5 Å². The number of hydrogen-bond donors (Lipinski definition) is 0. The molecule has 14 heavy (non-hydrogen) atoms. The third-order valence-electron chi connectivity index (χ3n) is 1.71. The second-order valence-corrected chi connectivity index (χ2v) is 3.34. The normalized spacial score (nSPS) is 10.1. The summed E-state index contributed by atoms with van der Waals surface area (Å²) in [5, 5.41) is 11.4. The van der Waals surface area contributed by atoms with Crippen LogP contribution in [0.1, 0.15) is 0 Å². The van der Waals surface area contributed by atoms with Crippen LogP contribution < -0.4 is 0 Å². The molecule has 0 spiro atoms. The minimum absolute atomic E-state index is 0.167. The fourth-order valence-corrected chi connectivity index (χ4v) is 1.38. The van der Waals surface area contributed by atoms with E-state index in [1.165, 1.54) is 0 Å². The number of rotatable bonds is 1. The highest BCUT2D eigenvalue weighted by Crippen LogP contribution is 2.28. The van der Waals surface area contributed by atoms with Crippen molar-refractivity contribution in [3.8, 4) is 11.3 Å². The van der Waals surface area contributed by atoms with Crippen LogP contribution in [0.3, 0.4) is 0 Å². The lowest BCUT2D eigenvalue weighted by molar-refractivity contribution is 0.871. The molecular formula is C9H5Cl2N3. The summed E-state index contributed by atoms with van der Waals surface area (Å²) in [6.45, 7) is 0. The fraction of sp³-hybridized carbons (Fsp3) is 0. The van der Waals surface area contributed by atoms with E-state index in [9.17, 15) is 0 Å². The summed E-state index contributed by atoms with van der Waals surface area (Å²) in [4.78, 5) is 0. The molecule has 0 bridgehead atoms. The molecule has 2 rings (SSSR count). The first-order valence-corrected chi connectivity index (χ1v) is 4.64. The fourth-order valence-electron chi connectivity index (χ4n) is 1.07. The Morgan fingerprint density at radius 3 is 2.36 bits per heavy atom. The van der Waals surface area contributed by atoms with Crippen molar-refractivity contribution in [2.24, 2.45) is 0 Å². The molecule has 0 aliphatic heterocycles. The van der Waals surface area contributed by atoms with Crippen LogP contribution in [0, 0.1) is 0 Å². The van der Waals surface area contributed by atoms with Crippen molar-refractivity contribution in [1.82, 2.24) is 15.4 Å². The van der Waals surface area contributed by atoms with Crippen LogP contribution in [0.5, 0.6) is 0 Å². The van der Waals surface area contributed by atoms with Crippen LogP contribution in [0.15, 0.2) is 30.3 Å². The summed E-state index contributed by atoms with van der Waals surface area (Å²) in [6, 6.07) is 9.45. The predicted octanol–water partition coefficient (Wildman–Crippen LogP) is 2.85. The van der Waals surface area contributed by atoms with Crippen molar-refractivity contribution in [2.75, 3.05) is 0 Å². The smallest absolute Gasteiger partial charge is 0.128 e. The molecule has 0 amide bonds. The molecule has 1 aromatic carbocycles. The first-order valence-electron chi connectivity index (χ1n) is 3.89. The summed E-state index contributed by atoms with van der Waals surface area (Å²) >= 11 is 11.6. The highest BCUT2D eigenvalue weighted by atomic mass is 35.5. The summed E-state index contributed by atoms with van der Waals surface area (Å²) < 4.78 is 0. The Kier molecular flexibility index (Phi) is 2.61. The van der Waals surface area contributed by atoms with Crippen LogP contribution in [0.4, 0.5) is 0 Å². The van der Waals surface area contributed by atoms with Gasteiger partial charge in [-0.1, -0.05) is 53.5 Å². The molecule has 0 N–H and O–H groups in total. The quantitative estimate of drug-likeness (QED) is 0.750. The van der Waals surface area contributed by atoms with Gasteiger partial charge < -0.3 is 0 Å². The van der Waals surface area contributed by atoms with Gasteiger partial charge in [-0.15, -0.1) is 10.2 Å². The molecule has 0 atom stereocenters. The van der Waals surface area contributed by atoms with Crippen LogP contribution in [-0.2, 0) is 0 Å². The van der Waals surface area contributed by atoms with Crippen molar-refractivity contribution in [3.63, 3.8) is 0 Å². The topological polar surface area (TPSA) is 38.7 Å². The minimum atomic E-state index is 0.167. The van der Waals surface area contributed by atoms with Crippen molar-refractivity contribution < 1.29 is 0 Å². The molecule has 70 valence electrons. The van der Waals surface area contributed by atoms with E-state index in [0.29, 0.717) is 10.7 Å². The largest absolute Gasteiger partial charge is 0.174 e. The Labute approximate surface area is 90.7 Å². The lowest BCUT2D eigenvalue weighted by atomic mass is 10.1. The average Bonchev–Trinajstić information content (AvgIpc) is 2.23. The Bertz CT molecular complexity index is 445. The van der Waals surface area contributed by atoms with E-state index in [1.807, 2.05) is 30.3 Å². The van der Waals surface area contributed by atoms with Gasteiger partial charge in [-0.05, 0) is 5.21 Å². The Balaban J connectivity index is 2.58. The molecule has 0 unspecified atom stereocenters. The van der Waals surface area contributed by atoms with Gasteiger partial charge in [0.1, 0.15) is 10.7 Å². The first kappa shape index (κ1) is 9.37. The molecule has 1 heterocycles. The monoisotopic (exact) mass is 225 g/mol. The van der Waals surface area contributed by atoms with Crippen LogP contribution >= 0.6 is 23.2 Å². The highest BCUT2D eigenvalue weighted by Gasteiger charge is 2.09. The Morgan fingerprint density at radius 1 is 0.929 bits per heavy atom. The lowest BCUT2D eigenvalue weighted by Gasteiger charge is -2.01. The van der Waals surface area contributed by atoms with Crippen LogP contribution in [0.2, 0.25) is 10.2 Å². The van der Waals surface area contributed by atoms with Crippen molar-refractivity contribution in [1.29, 1.82) is 0 Å². The number of hydrogen-bond acceptors (Lipinski definition) is 3.